The monoisotopic (exact) mass is 318 g/mol. The lowest BCUT2D eigenvalue weighted by Crippen LogP contribution is -2.19. The molecule has 1 atom stereocenters. The maximum absolute atomic E-state index is 12.1. The van der Waals surface area contributed by atoms with Gasteiger partial charge in [0.15, 0.2) is 0 Å². The van der Waals surface area contributed by atoms with Gasteiger partial charge in [0, 0.05) is 10.7 Å². The molecule has 0 saturated heterocycles. The topological polar surface area (TPSA) is 81.4 Å². The van der Waals surface area contributed by atoms with Crippen LogP contribution in [0, 0.1) is 0 Å². The number of amides is 2. The number of rotatable bonds is 4. The predicted octanol–water partition coefficient (Wildman–Crippen LogP) is 3.75. The molecule has 0 aromatic heterocycles. The van der Waals surface area contributed by atoms with Gasteiger partial charge in [0.2, 0.25) is 0 Å². The summed E-state index contributed by atoms with van der Waals surface area (Å²) in [4.78, 5) is 22.8. The predicted molar refractivity (Wildman–Crippen MR) is 84.9 cm³/mol. The molecule has 0 heterocycles. The fraction of sp³-hybridized carbons (Fsp3) is 0.125. The molecule has 0 fully saturated rings. The molecule has 6 heteroatoms. The molecule has 2 amide bonds. The molecule has 2 aromatic carbocycles. The van der Waals surface area contributed by atoms with Crippen LogP contribution in [0.2, 0.25) is 5.02 Å². The van der Waals surface area contributed by atoms with Crippen molar-refractivity contribution in [1.29, 1.82) is 0 Å². The molecule has 0 aliphatic heterocycles. The van der Waals surface area contributed by atoms with Crippen LogP contribution in [0.15, 0.2) is 48.5 Å². The smallest absolute Gasteiger partial charge is 0.338 e. The first-order valence-corrected chi connectivity index (χ1v) is 6.96. The summed E-state index contributed by atoms with van der Waals surface area (Å²) in [6, 6.07) is 12.7. The average Bonchev–Trinajstić information content (AvgIpc) is 2.48. The van der Waals surface area contributed by atoms with Crippen molar-refractivity contribution in [3.8, 4) is 0 Å². The fourth-order valence-corrected chi connectivity index (χ4v) is 1.99. The maximum Gasteiger partial charge on any atom is 0.338 e. The fourth-order valence-electron chi connectivity index (χ4n) is 1.86. The van der Waals surface area contributed by atoms with Crippen molar-refractivity contribution in [2.24, 2.45) is 5.73 Å². The third-order valence-electron chi connectivity index (χ3n) is 3.01. The Morgan fingerprint density at radius 1 is 1.09 bits per heavy atom. The highest BCUT2D eigenvalue weighted by Crippen LogP contribution is 2.21. The molecule has 5 nitrogen and oxygen atoms in total. The molecular formula is C16H15ClN2O3. The number of nitrogens with one attached hydrogen (secondary N) is 1. The third-order valence-corrected chi connectivity index (χ3v) is 3.26. The van der Waals surface area contributed by atoms with Crippen LogP contribution >= 0.6 is 11.6 Å². The number of anilines is 1. The van der Waals surface area contributed by atoms with E-state index in [1.807, 2.05) is 0 Å². The Kier molecular flexibility index (Phi) is 5.01. The van der Waals surface area contributed by atoms with Crippen molar-refractivity contribution in [3.63, 3.8) is 0 Å². The first-order valence-electron chi connectivity index (χ1n) is 6.58. The van der Waals surface area contributed by atoms with Crippen LogP contribution in [0.25, 0.3) is 0 Å². The number of primary amides is 1. The second-order valence-corrected chi connectivity index (χ2v) is 5.10. The van der Waals surface area contributed by atoms with E-state index >= 15 is 0 Å². The zero-order chi connectivity index (χ0) is 16.1. The van der Waals surface area contributed by atoms with Crippen LogP contribution in [0.3, 0.4) is 0 Å². The standard InChI is InChI=1S/C16H15ClN2O3/c1-10(11-2-6-13(17)7-3-11)22-15(20)12-4-8-14(9-5-12)19-16(18)21/h2-10H,1H3,(H3,18,19,21). The molecule has 0 saturated carbocycles. The van der Waals surface area contributed by atoms with Crippen molar-refractivity contribution < 1.29 is 14.3 Å². The Balaban J connectivity index is 2.02. The van der Waals surface area contributed by atoms with E-state index in [1.54, 1.807) is 55.5 Å². The molecule has 2 aromatic rings. The normalized spacial score (nSPS) is 11.5. The number of hydrogen-bond donors (Lipinski definition) is 2. The van der Waals surface area contributed by atoms with E-state index in [1.165, 1.54) is 0 Å². The van der Waals surface area contributed by atoms with E-state index in [4.69, 9.17) is 22.1 Å². The lowest BCUT2D eigenvalue weighted by molar-refractivity contribution is 0.0338. The minimum absolute atomic E-state index is 0.385. The maximum atomic E-state index is 12.1. The van der Waals surface area contributed by atoms with Gasteiger partial charge in [-0.25, -0.2) is 9.59 Å². The van der Waals surface area contributed by atoms with Crippen LogP contribution < -0.4 is 11.1 Å². The summed E-state index contributed by atoms with van der Waals surface area (Å²) in [7, 11) is 0. The number of ether oxygens (including phenoxy) is 1. The Morgan fingerprint density at radius 2 is 1.68 bits per heavy atom. The van der Waals surface area contributed by atoms with Crippen LogP contribution in [0.4, 0.5) is 10.5 Å². The minimum atomic E-state index is -0.660. The second-order valence-electron chi connectivity index (χ2n) is 4.67. The lowest BCUT2D eigenvalue weighted by Gasteiger charge is -2.14. The average molecular weight is 319 g/mol. The molecule has 0 spiro atoms. The largest absolute Gasteiger partial charge is 0.454 e. The van der Waals surface area contributed by atoms with Crippen molar-refractivity contribution in [2.45, 2.75) is 13.0 Å². The second kappa shape index (κ2) is 6.95. The quantitative estimate of drug-likeness (QED) is 0.842. The summed E-state index contributed by atoms with van der Waals surface area (Å²) in [6.45, 7) is 1.78. The number of nitrogens with two attached hydrogens (primary N) is 1. The Hall–Kier alpha value is -2.53. The first-order chi connectivity index (χ1) is 10.5. The van der Waals surface area contributed by atoms with Crippen molar-refractivity contribution in [1.82, 2.24) is 0 Å². The van der Waals surface area contributed by atoms with Gasteiger partial charge in [-0.05, 0) is 48.9 Å². The molecular weight excluding hydrogens is 304 g/mol. The van der Waals surface area contributed by atoms with E-state index < -0.39 is 18.1 Å². The number of esters is 1. The zero-order valence-electron chi connectivity index (χ0n) is 11.9. The van der Waals surface area contributed by atoms with Crippen LogP contribution in [-0.4, -0.2) is 12.0 Å². The molecule has 3 N–H and O–H groups in total. The van der Waals surface area contributed by atoms with E-state index in [0.717, 1.165) is 5.56 Å². The van der Waals surface area contributed by atoms with Crippen molar-refractivity contribution in [3.05, 3.63) is 64.7 Å². The minimum Gasteiger partial charge on any atom is -0.454 e. The van der Waals surface area contributed by atoms with Gasteiger partial charge in [0.05, 0.1) is 5.56 Å². The summed E-state index contributed by atoms with van der Waals surface area (Å²) in [5.41, 5.74) is 6.76. The Labute approximate surface area is 133 Å². The van der Waals surface area contributed by atoms with Crippen molar-refractivity contribution in [2.75, 3.05) is 5.32 Å². The highest BCUT2D eigenvalue weighted by Gasteiger charge is 2.13. The summed E-state index contributed by atoms with van der Waals surface area (Å²) < 4.78 is 5.39. The zero-order valence-corrected chi connectivity index (χ0v) is 12.6. The number of halogens is 1. The molecule has 0 bridgehead atoms. The third kappa shape index (κ3) is 4.23. The van der Waals surface area contributed by atoms with Gasteiger partial charge in [-0.1, -0.05) is 23.7 Å². The van der Waals surface area contributed by atoms with Gasteiger partial charge in [-0.15, -0.1) is 0 Å². The molecule has 0 aliphatic rings. The van der Waals surface area contributed by atoms with Crippen LogP contribution in [0.5, 0.6) is 0 Å². The molecule has 22 heavy (non-hydrogen) atoms. The van der Waals surface area contributed by atoms with E-state index in [9.17, 15) is 9.59 Å². The van der Waals surface area contributed by atoms with E-state index in [0.29, 0.717) is 16.3 Å². The number of carbonyl (C=O) groups excluding carboxylic acids is 2. The van der Waals surface area contributed by atoms with Crippen molar-refractivity contribution >= 4 is 29.3 Å². The number of urea groups is 1. The van der Waals surface area contributed by atoms with Gasteiger partial charge in [-0.3, -0.25) is 0 Å². The van der Waals surface area contributed by atoms with Gasteiger partial charge in [0.1, 0.15) is 6.10 Å². The summed E-state index contributed by atoms with van der Waals surface area (Å²) >= 11 is 5.82. The molecule has 2 rings (SSSR count). The lowest BCUT2D eigenvalue weighted by atomic mass is 10.1. The van der Waals surface area contributed by atoms with Crippen LogP contribution in [0.1, 0.15) is 28.9 Å². The molecule has 0 aliphatic carbocycles. The Morgan fingerprint density at radius 3 is 2.23 bits per heavy atom. The van der Waals surface area contributed by atoms with Gasteiger partial charge < -0.3 is 15.8 Å². The van der Waals surface area contributed by atoms with Gasteiger partial charge in [-0.2, -0.15) is 0 Å². The first kappa shape index (κ1) is 15.9. The van der Waals surface area contributed by atoms with Crippen LogP contribution in [-0.2, 0) is 4.74 Å². The van der Waals surface area contributed by atoms with E-state index in [-0.39, 0.29) is 0 Å². The van der Waals surface area contributed by atoms with Gasteiger partial charge >= 0.3 is 12.0 Å². The molecule has 114 valence electrons. The summed E-state index contributed by atoms with van der Waals surface area (Å²) in [6.07, 6.45) is -0.395. The summed E-state index contributed by atoms with van der Waals surface area (Å²) in [5, 5.41) is 3.04. The molecule has 1 unspecified atom stereocenters. The highest BCUT2D eigenvalue weighted by atomic mass is 35.5. The number of benzene rings is 2. The Bertz CT molecular complexity index is 669. The highest BCUT2D eigenvalue weighted by molar-refractivity contribution is 6.30. The SMILES string of the molecule is CC(OC(=O)c1ccc(NC(N)=O)cc1)c1ccc(Cl)cc1. The van der Waals surface area contributed by atoms with E-state index in [2.05, 4.69) is 5.32 Å². The van der Waals surface area contributed by atoms with Gasteiger partial charge in [0.25, 0.3) is 0 Å². The number of hydrogen-bond acceptors (Lipinski definition) is 3. The number of carbonyl (C=O) groups is 2. The molecule has 0 radical (unpaired) electrons. The summed E-state index contributed by atoms with van der Waals surface area (Å²) in [5.74, 6) is -0.451.